The minimum absolute atomic E-state index is 0.00900. The van der Waals surface area contributed by atoms with Gasteiger partial charge in [0.25, 0.3) is 0 Å². The van der Waals surface area contributed by atoms with Crippen molar-refractivity contribution in [2.24, 2.45) is 0 Å². The highest BCUT2D eigenvalue weighted by molar-refractivity contribution is 7.88. The second-order valence-corrected chi connectivity index (χ2v) is 5.11. The van der Waals surface area contributed by atoms with Crippen LogP contribution in [0.25, 0.3) is 0 Å². The summed E-state index contributed by atoms with van der Waals surface area (Å²) in [6.07, 6.45) is 1.98. The Labute approximate surface area is 66.0 Å². The number of hydrogen-bond acceptors (Lipinski definition) is 2. The van der Waals surface area contributed by atoms with Crippen LogP contribution in [0.1, 0.15) is 6.42 Å². The van der Waals surface area contributed by atoms with Crippen LogP contribution in [0.5, 0.6) is 0 Å². The third-order valence-electron chi connectivity index (χ3n) is 1.56. The topological polar surface area (TPSA) is 37.4 Å². The van der Waals surface area contributed by atoms with Gasteiger partial charge in [-0.2, -0.15) is 0 Å². The summed E-state index contributed by atoms with van der Waals surface area (Å²) in [6.45, 7) is 1.05. The fourth-order valence-electron chi connectivity index (χ4n) is 0.989. The molecule has 0 spiro atoms. The maximum atomic E-state index is 10.8. The zero-order valence-electron chi connectivity index (χ0n) is 5.75. The summed E-state index contributed by atoms with van der Waals surface area (Å²) < 4.78 is 23.1. The van der Waals surface area contributed by atoms with Crippen molar-refractivity contribution in [3.63, 3.8) is 0 Å². The maximum absolute atomic E-state index is 10.8. The normalized spacial score (nSPS) is 29.2. The lowest BCUT2D eigenvalue weighted by Gasteiger charge is -2.10. The third-order valence-corrected chi connectivity index (χ3v) is 3.19. The summed E-state index contributed by atoms with van der Waals surface area (Å²) in [5.41, 5.74) is 0. The Bertz CT molecular complexity index is 214. The average molecular weight is 184 g/mol. The molecule has 5 heteroatoms. The Morgan fingerprint density at radius 3 is 2.40 bits per heavy atom. The number of alkyl halides is 1. The van der Waals surface area contributed by atoms with Crippen LogP contribution in [0.4, 0.5) is 0 Å². The van der Waals surface area contributed by atoms with Gasteiger partial charge in [-0.3, -0.25) is 0 Å². The van der Waals surface area contributed by atoms with Crippen molar-refractivity contribution < 1.29 is 8.42 Å². The Morgan fingerprint density at radius 2 is 2.20 bits per heavy atom. The molecule has 0 radical (unpaired) electrons. The van der Waals surface area contributed by atoms with Crippen molar-refractivity contribution in [3.05, 3.63) is 0 Å². The lowest BCUT2D eigenvalue weighted by atomic mass is 10.4. The van der Waals surface area contributed by atoms with Gasteiger partial charge in [0.05, 0.1) is 6.26 Å². The lowest BCUT2D eigenvalue weighted by Crippen LogP contribution is -2.27. The number of rotatable bonds is 1. The van der Waals surface area contributed by atoms with E-state index in [0.29, 0.717) is 13.1 Å². The number of hydrogen-bond donors (Lipinski definition) is 0. The maximum Gasteiger partial charge on any atom is 0.211 e. The second-order valence-electron chi connectivity index (χ2n) is 2.51. The third kappa shape index (κ3) is 1.84. The molecule has 1 aliphatic rings. The fraction of sp³-hybridized carbons (Fsp3) is 1.00. The molecule has 3 nitrogen and oxygen atoms in total. The number of halogens is 1. The summed E-state index contributed by atoms with van der Waals surface area (Å²) in [6, 6.07) is 0. The highest BCUT2D eigenvalue weighted by atomic mass is 35.5. The van der Waals surface area contributed by atoms with Gasteiger partial charge in [-0.1, -0.05) is 0 Å². The van der Waals surface area contributed by atoms with E-state index in [1.54, 1.807) is 0 Å². The van der Waals surface area contributed by atoms with Crippen LogP contribution in [0.3, 0.4) is 0 Å². The molecular weight excluding hydrogens is 174 g/mol. The van der Waals surface area contributed by atoms with E-state index in [4.69, 9.17) is 11.6 Å². The largest absolute Gasteiger partial charge is 0.213 e. The van der Waals surface area contributed by atoms with E-state index in [1.165, 1.54) is 10.6 Å². The van der Waals surface area contributed by atoms with Gasteiger partial charge < -0.3 is 0 Å². The smallest absolute Gasteiger partial charge is 0.211 e. The van der Waals surface area contributed by atoms with Crippen LogP contribution in [-0.4, -0.2) is 37.4 Å². The molecule has 10 heavy (non-hydrogen) atoms. The number of nitrogens with zero attached hydrogens (tertiary/aromatic N) is 1. The van der Waals surface area contributed by atoms with Crippen LogP contribution in [-0.2, 0) is 10.0 Å². The molecule has 0 saturated carbocycles. The molecule has 1 fully saturated rings. The Balaban J connectivity index is 2.62. The van der Waals surface area contributed by atoms with Crippen molar-refractivity contribution >= 4 is 21.6 Å². The van der Waals surface area contributed by atoms with E-state index in [2.05, 4.69) is 0 Å². The number of sulfonamides is 1. The molecule has 0 aromatic carbocycles. The first kappa shape index (κ1) is 8.30. The molecule has 1 unspecified atom stereocenters. The summed E-state index contributed by atoms with van der Waals surface area (Å²) in [5, 5.41) is 0.00900. The van der Waals surface area contributed by atoms with Gasteiger partial charge in [0, 0.05) is 18.5 Å². The first-order valence-electron chi connectivity index (χ1n) is 3.09. The van der Waals surface area contributed by atoms with Gasteiger partial charge in [0.15, 0.2) is 0 Å². The zero-order chi connectivity index (χ0) is 7.78. The summed E-state index contributed by atoms with van der Waals surface area (Å²) in [7, 11) is -2.99. The summed E-state index contributed by atoms with van der Waals surface area (Å²) in [4.78, 5) is 0. The second kappa shape index (κ2) is 2.68. The Morgan fingerprint density at radius 1 is 1.60 bits per heavy atom. The fourth-order valence-corrected chi connectivity index (χ4v) is 2.22. The standard InChI is InChI=1S/C5H10ClNO2S/c1-10(8,9)7-3-2-5(6)4-7/h5H,2-4H2,1H3. The van der Waals surface area contributed by atoms with E-state index >= 15 is 0 Å². The SMILES string of the molecule is CS(=O)(=O)N1CCC(Cl)C1. The van der Waals surface area contributed by atoms with Gasteiger partial charge in [-0.15, -0.1) is 11.6 Å². The molecule has 1 saturated heterocycles. The predicted octanol–water partition coefficient (Wildman–Crippen LogP) is 0.259. The van der Waals surface area contributed by atoms with Crippen LogP contribution in [0.2, 0.25) is 0 Å². The first-order valence-corrected chi connectivity index (χ1v) is 5.38. The molecule has 0 amide bonds. The minimum atomic E-state index is -2.99. The van der Waals surface area contributed by atoms with Crippen LogP contribution >= 0.6 is 11.6 Å². The molecular formula is C5H10ClNO2S. The molecule has 0 N–H and O–H groups in total. The summed E-state index contributed by atoms with van der Waals surface area (Å²) in [5.74, 6) is 0. The van der Waals surface area contributed by atoms with Crippen LogP contribution in [0.15, 0.2) is 0 Å². The molecule has 60 valence electrons. The molecule has 1 aliphatic heterocycles. The molecule has 1 heterocycles. The van der Waals surface area contributed by atoms with Crippen molar-refractivity contribution in [3.8, 4) is 0 Å². The molecule has 1 rings (SSSR count). The highest BCUT2D eigenvalue weighted by Gasteiger charge is 2.26. The lowest BCUT2D eigenvalue weighted by molar-refractivity contribution is 0.483. The molecule has 1 atom stereocenters. The Hall–Kier alpha value is 0.200. The van der Waals surface area contributed by atoms with Crippen molar-refractivity contribution in [1.29, 1.82) is 0 Å². The van der Waals surface area contributed by atoms with Gasteiger partial charge >= 0.3 is 0 Å². The van der Waals surface area contributed by atoms with Gasteiger partial charge in [-0.25, -0.2) is 12.7 Å². The van der Waals surface area contributed by atoms with Crippen molar-refractivity contribution in [1.82, 2.24) is 4.31 Å². The summed E-state index contributed by atoms with van der Waals surface area (Å²) >= 11 is 5.71. The van der Waals surface area contributed by atoms with Crippen LogP contribution < -0.4 is 0 Å². The molecule has 0 aromatic rings. The van der Waals surface area contributed by atoms with E-state index in [9.17, 15) is 8.42 Å². The van der Waals surface area contributed by atoms with Crippen molar-refractivity contribution in [2.45, 2.75) is 11.8 Å². The van der Waals surface area contributed by atoms with Gasteiger partial charge in [0.2, 0.25) is 10.0 Å². The van der Waals surface area contributed by atoms with E-state index in [1.807, 2.05) is 0 Å². The average Bonchev–Trinajstić information content (AvgIpc) is 2.11. The molecule has 0 aliphatic carbocycles. The van der Waals surface area contributed by atoms with E-state index < -0.39 is 10.0 Å². The monoisotopic (exact) mass is 183 g/mol. The van der Waals surface area contributed by atoms with Crippen molar-refractivity contribution in [2.75, 3.05) is 19.3 Å². The van der Waals surface area contributed by atoms with E-state index in [-0.39, 0.29) is 5.38 Å². The zero-order valence-corrected chi connectivity index (χ0v) is 7.32. The molecule has 0 aromatic heterocycles. The van der Waals surface area contributed by atoms with Gasteiger partial charge in [0.1, 0.15) is 0 Å². The van der Waals surface area contributed by atoms with Gasteiger partial charge in [-0.05, 0) is 6.42 Å². The minimum Gasteiger partial charge on any atom is -0.213 e. The Kier molecular flexibility index (Phi) is 2.22. The first-order chi connectivity index (χ1) is 4.50. The van der Waals surface area contributed by atoms with E-state index in [0.717, 1.165) is 6.42 Å². The quantitative estimate of drug-likeness (QED) is 0.547. The highest BCUT2D eigenvalue weighted by Crippen LogP contribution is 2.16. The molecule has 0 bridgehead atoms. The predicted molar refractivity (Wildman–Crippen MR) is 40.7 cm³/mol. The van der Waals surface area contributed by atoms with Crippen LogP contribution in [0, 0.1) is 0 Å².